The number of aliphatic carboxylic acids is 1. The van der Waals surface area contributed by atoms with Crippen LogP contribution >= 0.6 is 79.9 Å². The van der Waals surface area contributed by atoms with Crippen LogP contribution in [0.5, 0.6) is 0 Å². The van der Waals surface area contributed by atoms with Gasteiger partial charge in [-0.05, 0) is 94.8 Å². The second kappa shape index (κ2) is 35.3. The Bertz CT molecular complexity index is 4590. The maximum atomic E-state index is 11.8. The minimum absolute atomic E-state index is 0. The zero-order valence-electron chi connectivity index (χ0n) is 51.1. The number of fused-ring (bicyclic) bond motifs is 9. The summed E-state index contributed by atoms with van der Waals surface area (Å²) in [6.45, 7) is 15.7. The van der Waals surface area contributed by atoms with Crippen molar-refractivity contribution in [2.24, 2.45) is 5.73 Å². The number of hydrogen-bond donors (Lipinski definition) is 8. The molecule has 2 aliphatic rings. The number of carboxylic acids is 1. The fourth-order valence-electron chi connectivity index (χ4n) is 8.56. The van der Waals surface area contributed by atoms with E-state index < -0.39 is 23.8 Å². The molecule has 0 fully saturated rings. The molecule has 0 spiro atoms. The van der Waals surface area contributed by atoms with Crippen molar-refractivity contribution in [1.29, 1.82) is 0 Å². The maximum absolute atomic E-state index is 11.8. The number of rotatable bonds is 8. The smallest absolute Gasteiger partial charge is 0.475 e. The van der Waals surface area contributed by atoms with E-state index in [0.717, 1.165) is 89.2 Å². The Labute approximate surface area is 567 Å². The van der Waals surface area contributed by atoms with Crippen LogP contribution < -0.4 is 38.6 Å². The SMILES string of the molecule is C.CC(=O)Cl.CC(=O)N1CCc2sc3nc[nH]c(=O)c3c2C1.CC(=O)N1CCc2sc3ncnc(Cl)c3c2C1.CC(=O)NCCc1cc2c(=O)[nH]cnc2s1.CC(C)(C)OC(=O)NCCc1cc2c(=O)[nH]cnc2s1.NCCc1cc2c(=O)[nH]cnc2s1.O=C(O)C(F)(F)F. The number of aromatic nitrogens is 10. The molecule has 10 aromatic heterocycles. The topological polar surface area (TPSA) is 397 Å². The van der Waals surface area contributed by atoms with E-state index in [1.54, 1.807) is 41.4 Å². The molecular formula is C58H66Cl2F3N15O12S5. The summed E-state index contributed by atoms with van der Waals surface area (Å²) in [5.41, 5.74) is 6.56. The van der Waals surface area contributed by atoms with Gasteiger partial charge in [-0.3, -0.25) is 38.4 Å². The van der Waals surface area contributed by atoms with E-state index in [1.807, 2.05) is 43.9 Å². The average molecular weight is 1450 g/mol. The number of thiophene rings is 5. The first kappa shape index (κ1) is 77.3. The second-order valence-electron chi connectivity index (χ2n) is 20.9. The number of nitrogens with zero attached hydrogens (tertiary/aromatic N) is 8. The Morgan fingerprint density at radius 3 is 1.37 bits per heavy atom. The number of alkyl carbamates (subject to hydrolysis) is 1. The van der Waals surface area contributed by atoms with Gasteiger partial charge in [0.05, 0.1) is 52.2 Å². The van der Waals surface area contributed by atoms with Gasteiger partial charge < -0.3 is 55.9 Å². The van der Waals surface area contributed by atoms with Gasteiger partial charge in [0.2, 0.25) is 23.0 Å². The fraction of sp³-hybridized carbons (Fsp3) is 0.379. The maximum Gasteiger partial charge on any atom is 0.490 e. The highest BCUT2D eigenvalue weighted by atomic mass is 35.5. The molecule has 0 saturated carbocycles. The Morgan fingerprint density at radius 1 is 0.611 bits per heavy atom. The fourth-order valence-corrected chi connectivity index (χ4v) is 14.1. The van der Waals surface area contributed by atoms with E-state index >= 15 is 0 Å². The van der Waals surface area contributed by atoms with Crippen LogP contribution in [0.2, 0.25) is 5.15 Å². The number of nitrogens with two attached hydrogens (primary N) is 1. The molecule has 510 valence electrons. The molecule has 4 amide bonds. The Kier molecular flexibility index (Phi) is 28.7. The summed E-state index contributed by atoms with van der Waals surface area (Å²) in [7, 11) is 0. The highest BCUT2D eigenvalue weighted by molar-refractivity contribution is 7.20. The average Bonchev–Trinajstić information content (AvgIpc) is 1.67. The first-order chi connectivity index (χ1) is 44.3. The monoisotopic (exact) mass is 1450 g/mol. The van der Waals surface area contributed by atoms with Crippen molar-refractivity contribution in [1.82, 2.24) is 70.3 Å². The normalized spacial score (nSPS) is 12.2. The molecule has 9 N–H and O–H groups in total. The third-order valence-electron chi connectivity index (χ3n) is 12.7. The van der Waals surface area contributed by atoms with Crippen molar-refractivity contribution in [2.45, 2.75) is 113 Å². The Hall–Kier alpha value is -8.45. The summed E-state index contributed by atoms with van der Waals surface area (Å²) in [5, 5.41) is 16.1. The number of carbonyl (C=O) groups is 6. The van der Waals surface area contributed by atoms with Crippen LogP contribution in [0.3, 0.4) is 0 Å². The molecule has 0 radical (unpaired) electrons. The summed E-state index contributed by atoms with van der Waals surface area (Å²) < 4.78 is 36.9. The summed E-state index contributed by atoms with van der Waals surface area (Å²) in [6, 6.07) is 5.49. The van der Waals surface area contributed by atoms with Gasteiger partial charge in [-0.25, -0.2) is 39.5 Å². The molecule has 27 nitrogen and oxygen atoms in total. The molecular weight excluding hydrogens is 1390 g/mol. The van der Waals surface area contributed by atoms with Crippen molar-refractivity contribution in [2.75, 3.05) is 32.7 Å². The number of hydrogen-bond acceptors (Lipinski definition) is 23. The van der Waals surface area contributed by atoms with Crippen LogP contribution in [-0.2, 0) is 73.9 Å². The minimum atomic E-state index is -5.08. The summed E-state index contributed by atoms with van der Waals surface area (Å²) in [5.74, 6) is -2.65. The van der Waals surface area contributed by atoms with Gasteiger partial charge in [-0.15, -0.1) is 56.7 Å². The van der Waals surface area contributed by atoms with Crippen LogP contribution in [0, 0.1) is 0 Å². The van der Waals surface area contributed by atoms with E-state index in [4.69, 9.17) is 32.0 Å². The predicted molar refractivity (Wildman–Crippen MR) is 363 cm³/mol. The van der Waals surface area contributed by atoms with E-state index in [1.165, 1.54) is 89.2 Å². The Morgan fingerprint density at radius 2 is 0.989 bits per heavy atom. The lowest BCUT2D eigenvalue weighted by Crippen LogP contribution is -2.33. The van der Waals surface area contributed by atoms with Crippen molar-refractivity contribution < 1.29 is 51.8 Å². The van der Waals surface area contributed by atoms with Gasteiger partial charge in [-0.2, -0.15) is 13.2 Å². The standard InChI is InChI=1S/C13H17N3O3S.C11H10ClN3OS.C11H11N3O2S.C10H11N3O2S.C8H9N3OS.C2H3ClO.C2HF3O2.CH4/c1-13(2,3)19-12(18)14-5-4-8-6-9-10(17)15-7-16-11(9)20-8;1-6(16)15-3-2-8-7(4-15)9-10(12)13-5-14-11(9)17-8;1-6(15)14-3-2-8-7(4-14)9-10(16)12-5-13-11(9)17-8;1-6(14)11-3-2-7-4-8-9(15)12-5-13-10(8)16-7;9-2-1-5-3-6-7(12)10-4-11-8(6)13-5;1-2(3)4;3-2(4,5)1(6)7;/h6-7H,4-5H2,1-3H3,(H,14,18)(H,15,16,17);5H,2-4H2,1H3;5H,2-4H2,1H3,(H,12,13,16);4-5H,2-3H2,1H3,(H,11,14)(H,12,13,15);3-4H,1-2,9H2,(H,10,11,12);1H3;(H,6,7);1H4. The zero-order valence-corrected chi connectivity index (χ0v) is 56.7. The first-order valence-electron chi connectivity index (χ1n) is 28.0. The lowest BCUT2D eigenvalue weighted by atomic mass is 10.1. The second-order valence-corrected chi connectivity index (χ2v) is 27.3. The molecule has 95 heavy (non-hydrogen) atoms. The lowest BCUT2D eigenvalue weighted by molar-refractivity contribution is -0.192. The van der Waals surface area contributed by atoms with E-state index in [9.17, 15) is 56.3 Å². The van der Waals surface area contributed by atoms with Gasteiger partial charge in [0.1, 0.15) is 41.2 Å². The molecule has 10 aromatic rings. The number of ether oxygens (including phenoxy) is 1. The van der Waals surface area contributed by atoms with Crippen molar-refractivity contribution in [3.8, 4) is 0 Å². The quantitative estimate of drug-likeness (QED) is 0.0523. The molecule has 0 unspecified atom stereocenters. The number of aromatic amines is 4. The minimum Gasteiger partial charge on any atom is -0.475 e. The molecule has 37 heteroatoms. The van der Waals surface area contributed by atoms with E-state index in [0.29, 0.717) is 70.7 Å². The van der Waals surface area contributed by atoms with E-state index in [2.05, 4.69) is 72.1 Å². The number of alkyl halides is 3. The van der Waals surface area contributed by atoms with Crippen molar-refractivity contribution >= 4 is 166 Å². The zero-order chi connectivity index (χ0) is 69.2. The van der Waals surface area contributed by atoms with Gasteiger partial charge in [0.15, 0.2) is 0 Å². The molecule has 0 aromatic carbocycles. The summed E-state index contributed by atoms with van der Waals surface area (Å²) >= 11 is 18.4. The Balaban J connectivity index is 0.000000207. The van der Waals surface area contributed by atoms with E-state index in [-0.39, 0.29) is 52.6 Å². The van der Waals surface area contributed by atoms with Crippen LogP contribution in [0.4, 0.5) is 18.0 Å². The van der Waals surface area contributed by atoms with Crippen LogP contribution in [-0.4, -0.2) is 144 Å². The number of H-pyrrole nitrogens is 4. The third kappa shape index (κ3) is 22.9. The third-order valence-corrected chi connectivity index (χ3v) is 18.7. The van der Waals surface area contributed by atoms with Crippen LogP contribution in [0.15, 0.2) is 69.0 Å². The molecule has 0 saturated heterocycles. The molecule has 0 bridgehead atoms. The highest BCUT2D eigenvalue weighted by Crippen LogP contribution is 2.37. The molecule has 2 aliphatic heterocycles. The van der Waals surface area contributed by atoms with Gasteiger partial charge in [-0.1, -0.05) is 19.0 Å². The lowest BCUT2D eigenvalue weighted by Gasteiger charge is -2.25. The number of carbonyl (C=O) groups excluding carboxylic acids is 5. The summed E-state index contributed by atoms with van der Waals surface area (Å²) in [6.07, 6.45) is 5.47. The number of nitrogens with one attached hydrogen (secondary N) is 6. The first-order valence-corrected chi connectivity index (χ1v) is 32.8. The summed E-state index contributed by atoms with van der Waals surface area (Å²) in [4.78, 5) is 157. The highest BCUT2D eigenvalue weighted by Gasteiger charge is 2.38. The van der Waals surface area contributed by atoms with Crippen molar-refractivity contribution in [3.05, 3.63) is 132 Å². The van der Waals surface area contributed by atoms with Crippen LogP contribution in [0.1, 0.15) is 91.4 Å². The largest absolute Gasteiger partial charge is 0.490 e. The number of halogens is 5. The molecule has 12 heterocycles. The molecule has 12 rings (SSSR count). The number of amides is 4. The molecule has 0 aliphatic carbocycles. The number of carboxylic acid groups (broad SMARTS) is 1. The van der Waals surface area contributed by atoms with Gasteiger partial charge in [0.25, 0.3) is 22.2 Å². The van der Waals surface area contributed by atoms with Crippen LogP contribution in [0.25, 0.3) is 51.1 Å². The predicted octanol–water partition coefficient (Wildman–Crippen LogP) is 8.38. The van der Waals surface area contributed by atoms with Gasteiger partial charge in [0, 0.05) is 96.9 Å². The van der Waals surface area contributed by atoms with Crippen molar-refractivity contribution in [3.63, 3.8) is 0 Å². The van der Waals surface area contributed by atoms with Gasteiger partial charge >= 0.3 is 18.2 Å². The molecule has 0 atom stereocenters.